The van der Waals surface area contributed by atoms with Crippen molar-refractivity contribution in [2.24, 2.45) is 0 Å². The zero-order valence-corrected chi connectivity index (χ0v) is 9.44. The summed E-state index contributed by atoms with van der Waals surface area (Å²) in [7, 11) is 0. The number of ether oxygens (including phenoxy) is 3. The van der Waals surface area contributed by atoms with Crippen LogP contribution in [0.25, 0.3) is 0 Å². The third-order valence-electron chi connectivity index (χ3n) is 3.19. The van der Waals surface area contributed by atoms with Crippen LogP contribution in [0.4, 0.5) is 0 Å². The second kappa shape index (κ2) is 3.84. The van der Waals surface area contributed by atoms with E-state index in [2.05, 4.69) is 18.2 Å². The molecule has 2 aliphatic rings. The molecule has 0 aromatic heterocycles. The fourth-order valence-corrected chi connectivity index (χ4v) is 2.24. The van der Waals surface area contributed by atoms with Crippen LogP contribution in [0.2, 0.25) is 0 Å². The van der Waals surface area contributed by atoms with Crippen LogP contribution in [0.3, 0.4) is 0 Å². The van der Waals surface area contributed by atoms with Crippen molar-refractivity contribution >= 4 is 0 Å². The lowest BCUT2D eigenvalue weighted by atomic mass is 9.97. The first-order valence-corrected chi connectivity index (χ1v) is 5.76. The van der Waals surface area contributed by atoms with Crippen LogP contribution < -0.4 is 0 Å². The molecule has 2 fully saturated rings. The van der Waals surface area contributed by atoms with Crippen LogP contribution in [-0.2, 0) is 26.4 Å². The van der Waals surface area contributed by atoms with Gasteiger partial charge in [0, 0.05) is 12.0 Å². The zero-order chi connectivity index (χ0) is 11.0. The molecule has 2 aliphatic heterocycles. The molecule has 86 valence electrons. The van der Waals surface area contributed by atoms with E-state index in [1.807, 2.05) is 13.0 Å². The maximum Gasteiger partial charge on any atom is 0.192 e. The molecule has 1 atom stereocenters. The van der Waals surface area contributed by atoms with Crippen molar-refractivity contribution in [1.82, 2.24) is 0 Å². The Kier molecular flexibility index (Phi) is 2.46. The lowest BCUT2D eigenvalue weighted by Crippen LogP contribution is -2.24. The molecule has 0 amide bonds. The summed E-state index contributed by atoms with van der Waals surface area (Å²) in [5.74, 6) is -0.564. The molecule has 3 nitrogen and oxygen atoms in total. The summed E-state index contributed by atoms with van der Waals surface area (Å²) in [6.45, 7) is 4.22. The number of benzene rings is 1. The minimum atomic E-state index is -0.564. The van der Waals surface area contributed by atoms with Gasteiger partial charge in [0.15, 0.2) is 5.79 Å². The second-order valence-electron chi connectivity index (χ2n) is 4.46. The van der Waals surface area contributed by atoms with Crippen molar-refractivity contribution in [3.05, 3.63) is 35.4 Å². The lowest BCUT2D eigenvalue weighted by molar-refractivity contribution is -0.150. The Balaban J connectivity index is 1.91. The number of epoxide rings is 1. The van der Waals surface area contributed by atoms with Gasteiger partial charge in [0.1, 0.15) is 0 Å². The number of rotatable bonds is 3. The van der Waals surface area contributed by atoms with E-state index in [1.165, 1.54) is 5.56 Å². The predicted octanol–water partition coefficient (Wildman–Crippen LogP) is 1.85. The summed E-state index contributed by atoms with van der Waals surface area (Å²) in [6, 6.07) is 8.30. The maximum atomic E-state index is 5.71. The molecule has 1 aromatic rings. The molecule has 2 heterocycles. The largest absolute Gasteiger partial charge is 0.373 e. The third-order valence-corrected chi connectivity index (χ3v) is 3.19. The van der Waals surface area contributed by atoms with Gasteiger partial charge in [-0.15, -0.1) is 0 Å². The monoisotopic (exact) mass is 220 g/mol. The first-order valence-electron chi connectivity index (χ1n) is 5.76. The molecule has 2 saturated heterocycles. The van der Waals surface area contributed by atoms with Gasteiger partial charge in [-0.25, -0.2) is 0 Å². The molecule has 0 bridgehead atoms. The van der Waals surface area contributed by atoms with Crippen LogP contribution in [0.1, 0.15) is 18.1 Å². The highest BCUT2D eigenvalue weighted by molar-refractivity contribution is 5.32. The standard InChI is InChI=1S/C13H16O3/c1-13(15-6-7-16-13)12-5-3-2-4-10(12)8-11-9-14-11/h2-5,11H,6-9H2,1H3. The highest BCUT2D eigenvalue weighted by Crippen LogP contribution is 2.34. The second-order valence-corrected chi connectivity index (χ2v) is 4.46. The Hall–Kier alpha value is -0.900. The van der Waals surface area contributed by atoms with Gasteiger partial charge in [0.2, 0.25) is 0 Å². The van der Waals surface area contributed by atoms with Crippen molar-refractivity contribution in [1.29, 1.82) is 0 Å². The third kappa shape index (κ3) is 1.86. The first kappa shape index (κ1) is 10.3. The first-order chi connectivity index (χ1) is 7.78. The molecular weight excluding hydrogens is 204 g/mol. The fourth-order valence-electron chi connectivity index (χ4n) is 2.24. The highest BCUT2D eigenvalue weighted by atomic mass is 16.7. The van der Waals surface area contributed by atoms with Gasteiger partial charge in [-0.3, -0.25) is 0 Å². The molecule has 0 radical (unpaired) electrons. The van der Waals surface area contributed by atoms with E-state index < -0.39 is 5.79 Å². The van der Waals surface area contributed by atoms with Gasteiger partial charge in [-0.1, -0.05) is 24.3 Å². The summed E-state index contributed by atoms with van der Waals surface area (Å²) < 4.78 is 16.7. The fraction of sp³-hybridized carbons (Fsp3) is 0.538. The van der Waals surface area contributed by atoms with Gasteiger partial charge in [0.25, 0.3) is 0 Å². The number of hydrogen-bond donors (Lipinski definition) is 0. The minimum Gasteiger partial charge on any atom is -0.373 e. The predicted molar refractivity (Wildman–Crippen MR) is 59.1 cm³/mol. The van der Waals surface area contributed by atoms with Crippen LogP contribution in [-0.4, -0.2) is 25.9 Å². The quantitative estimate of drug-likeness (QED) is 0.728. The van der Waals surface area contributed by atoms with Crippen LogP contribution in [0, 0.1) is 0 Å². The van der Waals surface area contributed by atoms with Crippen molar-refractivity contribution < 1.29 is 14.2 Å². The van der Waals surface area contributed by atoms with Crippen molar-refractivity contribution in [2.75, 3.05) is 19.8 Å². The molecule has 0 N–H and O–H groups in total. The van der Waals surface area contributed by atoms with Crippen LogP contribution >= 0.6 is 0 Å². The Labute approximate surface area is 95.3 Å². The summed E-state index contributed by atoms with van der Waals surface area (Å²) in [4.78, 5) is 0. The van der Waals surface area contributed by atoms with Gasteiger partial charge in [-0.2, -0.15) is 0 Å². The van der Waals surface area contributed by atoms with Crippen molar-refractivity contribution in [2.45, 2.75) is 25.2 Å². The van der Waals surface area contributed by atoms with E-state index >= 15 is 0 Å². The average Bonchev–Trinajstić information content (AvgIpc) is 2.99. The molecule has 1 unspecified atom stereocenters. The van der Waals surface area contributed by atoms with Gasteiger partial charge in [-0.05, 0) is 12.5 Å². The molecule has 0 aliphatic carbocycles. The highest BCUT2D eigenvalue weighted by Gasteiger charge is 2.36. The van der Waals surface area contributed by atoms with Crippen molar-refractivity contribution in [3.63, 3.8) is 0 Å². The summed E-state index contributed by atoms with van der Waals surface area (Å²) in [5.41, 5.74) is 2.41. The zero-order valence-electron chi connectivity index (χ0n) is 9.44. The van der Waals surface area contributed by atoms with Crippen molar-refractivity contribution in [3.8, 4) is 0 Å². The molecule has 1 aromatic carbocycles. The normalized spacial score (nSPS) is 26.9. The summed E-state index contributed by atoms with van der Waals surface area (Å²) in [6.07, 6.45) is 1.35. The molecule has 0 spiro atoms. The molecule has 16 heavy (non-hydrogen) atoms. The molecular formula is C13H16O3. The summed E-state index contributed by atoms with van der Waals surface area (Å²) >= 11 is 0. The Bertz CT molecular complexity index is 379. The molecule has 3 rings (SSSR count). The number of hydrogen-bond acceptors (Lipinski definition) is 3. The Morgan fingerprint density at radius 1 is 1.25 bits per heavy atom. The SMILES string of the molecule is CC1(c2ccccc2CC2CO2)OCCO1. The Morgan fingerprint density at radius 2 is 1.94 bits per heavy atom. The van der Waals surface area contributed by atoms with E-state index in [1.54, 1.807) is 0 Å². The van der Waals surface area contributed by atoms with E-state index in [0.717, 1.165) is 18.6 Å². The summed E-state index contributed by atoms with van der Waals surface area (Å²) in [5, 5.41) is 0. The van der Waals surface area contributed by atoms with E-state index in [9.17, 15) is 0 Å². The average molecular weight is 220 g/mol. The lowest BCUT2D eigenvalue weighted by Gasteiger charge is -2.25. The molecule has 0 saturated carbocycles. The van der Waals surface area contributed by atoms with Crippen LogP contribution in [0.15, 0.2) is 24.3 Å². The molecule has 3 heteroatoms. The maximum absolute atomic E-state index is 5.71. The van der Waals surface area contributed by atoms with Gasteiger partial charge < -0.3 is 14.2 Å². The van der Waals surface area contributed by atoms with Gasteiger partial charge in [0.05, 0.1) is 25.9 Å². The Morgan fingerprint density at radius 3 is 2.62 bits per heavy atom. The van der Waals surface area contributed by atoms with E-state index in [0.29, 0.717) is 19.3 Å². The van der Waals surface area contributed by atoms with Gasteiger partial charge >= 0.3 is 0 Å². The van der Waals surface area contributed by atoms with Crippen LogP contribution in [0.5, 0.6) is 0 Å². The minimum absolute atomic E-state index is 0.395. The van der Waals surface area contributed by atoms with E-state index in [-0.39, 0.29) is 0 Å². The smallest absolute Gasteiger partial charge is 0.192 e. The van der Waals surface area contributed by atoms with E-state index in [4.69, 9.17) is 14.2 Å². The topological polar surface area (TPSA) is 31.0 Å².